The molecule has 2 N–H and O–H groups in total. The maximum Gasteiger partial charge on any atom is 0.407 e. The Labute approximate surface area is 142 Å². The number of hydrogen-bond donors (Lipinski definition) is 2. The number of aryl methyl sites for hydroxylation is 1. The fourth-order valence-electron chi connectivity index (χ4n) is 2.85. The van der Waals surface area contributed by atoms with Gasteiger partial charge < -0.3 is 15.2 Å². The lowest BCUT2D eigenvalue weighted by Crippen LogP contribution is -2.46. The van der Waals surface area contributed by atoms with E-state index in [0.29, 0.717) is 12.8 Å². The number of allylic oxidation sites excluding steroid dienone is 1. The average molecular weight is 331 g/mol. The van der Waals surface area contributed by atoms with Gasteiger partial charge in [0.1, 0.15) is 5.60 Å². The minimum atomic E-state index is -0.908. The molecule has 0 heterocycles. The molecule has 0 aromatic heterocycles. The van der Waals surface area contributed by atoms with Gasteiger partial charge in [-0.2, -0.15) is 0 Å². The lowest BCUT2D eigenvalue weighted by atomic mass is 9.82. The maximum atomic E-state index is 11.9. The number of alkyl carbamates (subject to hydrolysis) is 1. The molecule has 0 aliphatic heterocycles. The normalized spacial score (nSPS) is 20.9. The largest absolute Gasteiger partial charge is 0.481 e. The van der Waals surface area contributed by atoms with Gasteiger partial charge >= 0.3 is 12.1 Å². The van der Waals surface area contributed by atoms with Crippen LogP contribution in [0, 0.1) is 12.8 Å². The zero-order valence-corrected chi connectivity index (χ0v) is 14.6. The van der Waals surface area contributed by atoms with Gasteiger partial charge in [0.25, 0.3) is 0 Å². The third-order valence-corrected chi connectivity index (χ3v) is 3.95. The fraction of sp³-hybridized carbons (Fsp3) is 0.474. The highest BCUT2D eigenvalue weighted by molar-refractivity contribution is 5.79. The number of carbonyl (C=O) groups is 2. The van der Waals surface area contributed by atoms with E-state index in [1.165, 1.54) is 0 Å². The molecular weight excluding hydrogens is 306 g/mol. The molecule has 1 aliphatic carbocycles. The number of carboxylic acids is 1. The first kappa shape index (κ1) is 18.0. The summed E-state index contributed by atoms with van der Waals surface area (Å²) in [6, 6.07) is 7.54. The van der Waals surface area contributed by atoms with Gasteiger partial charge in [-0.1, -0.05) is 35.9 Å². The van der Waals surface area contributed by atoms with Crippen LogP contribution in [0.15, 0.2) is 30.3 Å². The molecule has 24 heavy (non-hydrogen) atoms. The maximum absolute atomic E-state index is 11.9. The molecule has 0 radical (unpaired) electrons. The van der Waals surface area contributed by atoms with Crippen molar-refractivity contribution in [2.45, 2.75) is 52.2 Å². The van der Waals surface area contributed by atoms with Crippen molar-refractivity contribution < 1.29 is 19.4 Å². The van der Waals surface area contributed by atoms with Crippen LogP contribution in [0.3, 0.4) is 0 Å². The summed E-state index contributed by atoms with van der Waals surface area (Å²) in [5.41, 5.74) is 2.57. The van der Waals surface area contributed by atoms with E-state index < -0.39 is 29.6 Å². The highest BCUT2D eigenvalue weighted by Gasteiger charge is 2.34. The summed E-state index contributed by atoms with van der Waals surface area (Å²) in [5, 5.41) is 12.3. The summed E-state index contributed by atoms with van der Waals surface area (Å²) in [7, 11) is 0. The molecule has 2 atom stereocenters. The second-order valence-corrected chi connectivity index (χ2v) is 7.24. The fourth-order valence-corrected chi connectivity index (χ4v) is 2.85. The first-order valence-corrected chi connectivity index (χ1v) is 8.14. The van der Waals surface area contributed by atoms with Crippen LogP contribution in [-0.2, 0) is 9.53 Å². The van der Waals surface area contributed by atoms with E-state index in [1.54, 1.807) is 20.8 Å². The summed E-state index contributed by atoms with van der Waals surface area (Å²) in [4.78, 5) is 23.6. The van der Waals surface area contributed by atoms with Gasteiger partial charge in [-0.3, -0.25) is 4.79 Å². The Balaban J connectivity index is 2.14. The summed E-state index contributed by atoms with van der Waals surface area (Å²) >= 11 is 0. The van der Waals surface area contributed by atoms with Crippen molar-refractivity contribution >= 4 is 17.6 Å². The Morgan fingerprint density at radius 2 is 2.00 bits per heavy atom. The molecule has 2 rings (SSSR count). The molecule has 0 spiro atoms. The van der Waals surface area contributed by atoms with Crippen molar-refractivity contribution in [1.29, 1.82) is 0 Å². The highest BCUT2D eigenvalue weighted by atomic mass is 16.6. The van der Waals surface area contributed by atoms with Crippen LogP contribution in [0.5, 0.6) is 0 Å². The summed E-state index contributed by atoms with van der Waals surface area (Å²) in [5.74, 6) is -1.58. The van der Waals surface area contributed by atoms with Crippen molar-refractivity contribution in [3.8, 4) is 0 Å². The molecule has 1 aliphatic rings. The van der Waals surface area contributed by atoms with Crippen LogP contribution in [0.4, 0.5) is 4.79 Å². The number of amides is 1. The van der Waals surface area contributed by atoms with Gasteiger partial charge in [0.15, 0.2) is 0 Å². The van der Waals surface area contributed by atoms with E-state index in [0.717, 1.165) is 16.7 Å². The Bertz CT molecular complexity index is 658. The SMILES string of the molecule is Cc1cccc(C2=CCC(NC(=O)OC(C)(C)C)[C@@H](C(=O)O)C2)c1. The predicted octanol–water partition coefficient (Wildman–Crippen LogP) is 3.77. The number of rotatable bonds is 3. The molecular formula is C19H25NO4. The van der Waals surface area contributed by atoms with Crippen LogP contribution >= 0.6 is 0 Å². The first-order chi connectivity index (χ1) is 11.2. The van der Waals surface area contributed by atoms with E-state index >= 15 is 0 Å². The molecule has 1 unspecified atom stereocenters. The van der Waals surface area contributed by atoms with Crippen molar-refractivity contribution in [2.24, 2.45) is 5.92 Å². The summed E-state index contributed by atoms with van der Waals surface area (Å²) in [6.07, 6.45) is 2.29. The Kier molecular flexibility index (Phi) is 5.32. The third-order valence-electron chi connectivity index (χ3n) is 3.95. The van der Waals surface area contributed by atoms with E-state index in [-0.39, 0.29) is 0 Å². The van der Waals surface area contributed by atoms with E-state index in [9.17, 15) is 14.7 Å². The van der Waals surface area contributed by atoms with Gasteiger partial charge in [0.2, 0.25) is 0 Å². The number of nitrogens with one attached hydrogen (secondary N) is 1. The molecule has 0 bridgehead atoms. The lowest BCUT2D eigenvalue weighted by Gasteiger charge is -2.30. The Morgan fingerprint density at radius 3 is 2.58 bits per heavy atom. The molecule has 5 nitrogen and oxygen atoms in total. The summed E-state index contributed by atoms with van der Waals surface area (Å²) in [6.45, 7) is 7.34. The van der Waals surface area contributed by atoms with Gasteiger partial charge in [-0.05, 0) is 51.7 Å². The van der Waals surface area contributed by atoms with Crippen molar-refractivity contribution in [3.05, 3.63) is 41.5 Å². The molecule has 5 heteroatoms. The zero-order chi connectivity index (χ0) is 17.9. The Morgan fingerprint density at radius 1 is 1.29 bits per heavy atom. The minimum absolute atomic E-state index is 0.388. The third kappa shape index (κ3) is 4.85. The lowest BCUT2D eigenvalue weighted by molar-refractivity contribution is -0.142. The quantitative estimate of drug-likeness (QED) is 0.884. The van der Waals surface area contributed by atoms with Gasteiger partial charge in [-0.25, -0.2) is 4.79 Å². The molecule has 1 aromatic carbocycles. The molecule has 1 aromatic rings. The smallest absolute Gasteiger partial charge is 0.407 e. The molecule has 0 saturated carbocycles. The van der Waals surface area contributed by atoms with Crippen molar-refractivity contribution in [3.63, 3.8) is 0 Å². The van der Waals surface area contributed by atoms with Gasteiger partial charge in [0, 0.05) is 6.04 Å². The molecule has 0 saturated heterocycles. The van der Waals surface area contributed by atoms with E-state index in [4.69, 9.17) is 4.74 Å². The number of aliphatic carboxylic acids is 1. The highest BCUT2D eigenvalue weighted by Crippen LogP contribution is 2.32. The Hall–Kier alpha value is -2.30. The van der Waals surface area contributed by atoms with Gasteiger partial charge in [0.05, 0.1) is 5.92 Å². The molecule has 0 fully saturated rings. The number of ether oxygens (including phenoxy) is 1. The second-order valence-electron chi connectivity index (χ2n) is 7.24. The van der Waals surface area contributed by atoms with Crippen LogP contribution in [-0.4, -0.2) is 28.8 Å². The van der Waals surface area contributed by atoms with E-state index in [1.807, 2.05) is 37.3 Å². The topological polar surface area (TPSA) is 75.6 Å². The number of hydrogen-bond acceptors (Lipinski definition) is 3. The van der Waals surface area contributed by atoms with Crippen LogP contribution < -0.4 is 5.32 Å². The van der Waals surface area contributed by atoms with Crippen LogP contribution in [0.25, 0.3) is 5.57 Å². The van der Waals surface area contributed by atoms with Crippen LogP contribution in [0.1, 0.15) is 44.7 Å². The number of carbonyl (C=O) groups excluding carboxylic acids is 1. The number of benzene rings is 1. The molecule has 130 valence electrons. The monoisotopic (exact) mass is 331 g/mol. The van der Waals surface area contributed by atoms with Gasteiger partial charge in [-0.15, -0.1) is 0 Å². The predicted molar refractivity (Wildman–Crippen MR) is 92.7 cm³/mol. The molecule has 1 amide bonds. The summed E-state index contributed by atoms with van der Waals surface area (Å²) < 4.78 is 5.23. The zero-order valence-electron chi connectivity index (χ0n) is 14.6. The van der Waals surface area contributed by atoms with Crippen molar-refractivity contribution in [2.75, 3.05) is 0 Å². The van der Waals surface area contributed by atoms with E-state index in [2.05, 4.69) is 5.32 Å². The standard InChI is InChI=1S/C19H25NO4/c1-12-6-5-7-13(10-12)14-8-9-16(15(11-14)17(21)22)20-18(23)24-19(2,3)4/h5-8,10,15-16H,9,11H2,1-4H3,(H,20,23)(H,21,22)/t15-,16?/m0/s1. The number of carboxylic acid groups (broad SMARTS) is 1. The van der Waals surface area contributed by atoms with Crippen molar-refractivity contribution in [1.82, 2.24) is 5.32 Å². The second kappa shape index (κ2) is 7.07. The average Bonchev–Trinajstić information content (AvgIpc) is 2.45. The van der Waals surface area contributed by atoms with Crippen LogP contribution in [0.2, 0.25) is 0 Å². The first-order valence-electron chi connectivity index (χ1n) is 8.14. The minimum Gasteiger partial charge on any atom is -0.481 e.